The zero-order chi connectivity index (χ0) is 20.1. The molecule has 2 nitrogen and oxygen atoms in total. The number of unbranched alkanes of at least 4 members (excludes halogenated alkanes) is 1. The number of hydrogen-bond donors (Lipinski definition) is 2. The van der Waals surface area contributed by atoms with Crippen LogP contribution in [0, 0.1) is 5.92 Å². The van der Waals surface area contributed by atoms with Crippen LogP contribution in [0.25, 0.3) is 0 Å². The van der Waals surface area contributed by atoms with Gasteiger partial charge < -0.3 is 10.2 Å². The SMILES string of the molecule is C=C(C)[C@@H]1CCC(C)=C[C@H]1c1c(O)cc(O)cc1CCCCc1ccccc1. The van der Waals surface area contributed by atoms with Gasteiger partial charge in [0.1, 0.15) is 11.5 Å². The van der Waals surface area contributed by atoms with Gasteiger partial charge in [-0.1, -0.05) is 54.1 Å². The first-order valence-corrected chi connectivity index (χ1v) is 10.4. The van der Waals surface area contributed by atoms with Gasteiger partial charge in [-0.2, -0.15) is 0 Å². The Balaban J connectivity index is 1.81. The van der Waals surface area contributed by atoms with Crippen molar-refractivity contribution in [2.24, 2.45) is 5.92 Å². The molecule has 0 aliphatic heterocycles. The second-order valence-corrected chi connectivity index (χ2v) is 8.26. The van der Waals surface area contributed by atoms with Crippen LogP contribution in [0.5, 0.6) is 11.5 Å². The molecule has 28 heavy (non-hydrogen) atoms. The minimum absolute atomic E-state index is 0.135. The highest BCUT2D eigenvalue weighted by molar-refractivity contribution is 5.50. The summed E-state index contributed by atoms with van der Waals surface area (Å²) in [4.78, 5) is 0. The Hall–Kier alpha value is -2.48. The molecule has 0 saturated carbocycles. The Kier molecular flexibility index (Phi) is 6.61. The Labute approximate surface area is 169 Å². The maximum Gasteiger partial charge on any atom is 0.123 e. The lowest BCUT2D eigenvalue weighted by Crippen LogP contribution is -2.18. The van der Waals surface area contributed by atoms with Crippen LogP contribution in [0.2, 0.25) is 0 Å². The molecule has 0 bridgehead atoms. The van der Waals surface area contributed by atoms with Crippen molar-refractivity contribution in [1.82, 2.24) is 0 Å². The maximum absolute atomic E-state index is 10.7. The van der Waals surface area contributed by atoms with Crippen LogP contribution in [0.3, 0.4) is 0 Å². The van der Waals surface area contributed by atoms with Gasteiger partial charge in [0.25, 0.3) is 0 Å². The molecule has 1 aliphatic carbocycles. The molecule has 0 spiro atoms. The fourth-order valence-electron chi connectivity index (χ4n) is 4.47. The van der Waals surface area contributed by atoms with E-state index in [1.807, 2.05) is 12.1 Å². The molecule has 2 N–H and O–H groups in total. The summed E-state index contributed by atoms with van der Waals surface area (Å²) in [6.07, 6.45) is 8.47. The number of phenols is 2. The lowest BCUT2D eigenvalue weighted by atomic mass is 9.72. The van der Waals surface area contributed by atoms with Crippen molar-refractivity contribution >= 4 is 0 Å². The standard InChI is InChI=1S/C26H32O2/c1-18(2)23-14-13-19(3)15-24(23)26-21(16-22(27)17-25(26)28)12-8-7-11-20-9-5-4-6-10-20/h4-6,9-10,15-17,23-24,27-28H,1,7-8,11-14H2,2-3H3/t23-,24+/m0/s1. The van der Waals surface area contributed by atoms with Gasteiger partial charge in [-0.3, -0.25) is 0 Å². The second-order valence-electron chi connectivity index (χ2n) is 8.26. The summed E-state index contributed by atoms with van der Waals surface area (Å²) in [6.45, 7) is 8.46. The average Bonchev–Trinajstić information content (AvgIpc) is 2.65. The summed E-state index contributed by atoms with van der Waals surface area (Å²) in [5.41, 5.74) is 5.92. The molecule has 2 heteroatoms. The largest absolute Gasteiger partial charge is 0.508 e. The topological polar surface area (TPSA) is 40.5 Å². The minimum Gasteiger partial charge on any atom is -0.508 e. The van der Waals surface area contributed by atoms with E-state index in [2.05, 4.69) is 50.8 Å². The van der Waals surface area contributed by atoms with E-state index in [1.54, 1.807) is 0 Å². The number of allylic oxidation sites excluding steroid dienone is 3. The number of aromatic hydroxyl groups is 2. The monoisotopic (exact) mass is 376 g/mol. The average molecular weight is 377 g/mol. The zero-order valence-corrected chi connectivity index (χ0v) is 17.1. The Morgan fingerprint density at radius 1 is 1.07 bits per heavy atom. The van der Waals surface area contributed by atoms with Crippen LogP contribution in [0.1, 0.15) is 62.1 Å². The van der Waals surface area contributed by atoms with Crippen molar-refractivity contribution in [1.29, 1.82) is 0 Å². The molecule has 2 aromatic rings. The second kappa shape index (κ2) is 9.14. The fourth-order valence-corrected chi connectivity index (χ4v) is 4.47. The number of benzene rings is 2. The lowest BCUT2D eigenvalue weighted by Gasteiger charge is -2.32. The van der Waals surface area contributed by atoms with Gasteiger partial charge >= 0.3 is 0 Å². The van der Waals surface area contributed by atoms with Gasteiger partial charge in [0.05, 0.1) is 0 Å². The molecule has 0 heterocycles. The maximum atomic E-state index is 10.7. The molecule has 148 valence electrons. The number of aryl methyl sites for hydroxylation is 2. The van der Waals surface area contributed by atoms with Gasteiger partial charge in [0, 0.05) is 17.5 Å². The molecule has 0 saturated heterocycles. The molecule has 2 atom stereocenters. The van der Waals surface area contributed by atoms with Gasteiger partial charge in [-0.05, 0) is 75.5 Å². The first kappa shape index (κ1) is 20.3. The van der Waals surface area contributed by atoms with Crippen LogP contribution in [-0.4, -0.2) is 10.2 Å². The van der Waals surface area contributed by atoms with E-state index in [0.29, 0.717) is 5.92 Å². The van der Waals surface area contributed by atoms with Crippen molar-refractivity contribution in [2.45, 2.75) is 58.3 Å². The molecular weight excluding hydrogens is 344 g/mol. The molecule has 1 aliphatic rings. The van der Waals surface area contributed by atoms with Crippen molar-refractivity contribution in [3.63, 3.8) is 0 Å². The summed E-state index contributed by atoms with van der Waals surface area (Å²) in [6, 6.07) is 13.9. The van der Waals surface area contributed by atoms with Crippen molar-refractivity contribution in [3.8, 4) is 11.5 Å². The highest BCUT2D eigenvalue weighted by Gasteiger charge is 2.29. The van der Waals surface area contributed by atoms with Crippen LogP contribution in [0.15, 0.2) is 66.3 Å². The third-order valence-electron chi connectivity index (χ3n) is 5.95. The van der Waals surface area contributed by atoms with E-state index in [0.717, 1.165) is 55.2 Å². The van der Waals surface area contributed by atoms with Crippen molar-refractivity contribution in [2.75, 3.05) is 0 Å². The molecule has 0 unspecified atom stereocenters. The van der Waals surface area contributed by atoms with E-state index < -0.39 is 0 Å². The van der Waals surface area contributed by atoms with Gasteiger partial charge in [0.15, 0.2) is 0 Å². The Morgan fingerprint density at radius 3 is 2.50 bits per heavy atom. The highest BCUT2D eigenvalue weighted by Crippen LogP contribution is 2.45. The van der Waals surface area contributed by atoms with Crippen molar-refractivity contribution in [3.05, 3.63) is 83.0 Å². The molecule has 3 rings (SSSR count). The van der Waals surface area contributed by atoms with E-state index in [9.17, 15) is 10.2 Å². The predicted molar refractivity (Wildman–Crippen MR) is 117 cm³/mol. The molecular formula is C26H32O2. The smallest absolute Gasteiger partial charge is 0.123 e. The summed E-state index contributed by atoms with van der Waals surface area (Å²) in [7, 11) is 0. The lowest BCUT2D eigenvalue weighted by molar-refractivity contribution is 0.423. The summed E-state index contributed by atoms with van der Waals surface area (Å²) in [5.74, 6) is 0.820. The molecule has 2 aromatic carbocycles. The Bertz CT molecular complexity index is 848. The Morgan fingerprint density at radius 2 is 1.79 bits per heavy atom. The number of phenolic OH excluding ortho intramolecular Hbond substituents is 2. The molecule has 0 radical (unpaired) electrons. The zero-order valence-electron chi connectivity index (χ0n) is 17.1. The summed E-state index contributed by atoms with van der Waals surface area (Å²) in [5, 5.41) is 20.8. The van der Waals surface area contributed by atoms with Gasteiger partial charge in [-0.15, -0.1) is 0 Å². The van der Waals surface area contributed by atoms with Crippen LogP contribution in [-0.2, 0) is 12.8 Å². The minimum atomic E-state index is 0.135. The van der Waals surface area contributed by atoms with Crippen LogP contribution < -0.4 is 0 Å². The normalized spacial score (nSPS) is 19.3. The summed E-state index contributed by atoms with van der Waals surface area (Å²) >= 11 is 0. The van der Waals surface area contributed by atoms with Crippen LogP contribution in [0.4, 0.5) is 0 Å². The molecule has 0 amide bonds. The van der Waals surface area contributed by atoms with Crippen LogP contribution >= 0.6 is 0 Å². The van der Waals surface area contributed by atoms with Gasteiger partial charge in [0.2, 0.25) is 0 Å². The van der Waals surface area contributed by atoms with Crippen molar-refractivity contribution < 1.29 is 10.2 Å². The quantitative estimate of drug-likeness (QED) is 0.418. The number of hydrogen-bond acceptors (Lipinski definition) is 2. The molecule has 0 fully saturated rings. The summed E-state index contributed by atoms with van der Waals surface area (Å²) < 4.78 is 0. The van der Waals surface area contributed by atoms with E-state index in [1.165, 1.54) is 17.2 Å². The predicted octanol–water partition coefficient (Wildman–Crippen LogP) is 6.68. The first-order valence-electron chi connectivity index (χ1n) is 10.4. The third-order valence-corrected chi connectivity index (χ3v) is 5.95. The highest BCUT2D eigenvalue weighted by atomic mass is 16.3. The van der Waals surface area contributed by atoms with E-state index >= 15 is 0 Å². The third kappa shape index (κ3) is 4.86. The number of rotatable bonds is 7. The molecule has 0 aromatic heterocycles. The van der Waals surface area contributed by atoms with Gasteiger partial charge in [-0.25, -0.2) is 0 Å². The first-order chi connectivity index (χ1) is 13.5. The van der Waals surface area contributed by atoms with E-state index in [-0.39, 0.29) is 17.4 Å². The van der Waals surface area contributed by atoms with E-state index in [4.69, 9.17) is 0 Å². The fraction of sp³-hybridized carbons (Fsp3) is 0.385.